The number of unbranched alkanes of at least 4 members (excludes halogenated alkanes) is 3. The van der Waals surface area contributed by atoms with Crippen molar-refractivity contribution >= 4 is 5.82 Å². The molecule has 0 aliphatic carbocycles. The Morgan fingerprint density at radius 2 is 1.94 bits per heavy atom. The summed E-state index contributed by atoms with van der Waals surface area (Å²) < 4.78 is 0. The van der Waals surface area contributed by atoms with E-state index in [1.165, 1.54) is 25.3 Å². The maximum atomic E-state index is 11.1. The predicted molar refractivity (Wildman–Crippen MR) is 65.1 cm³/mol. The summed E-state index contributed by atoms with van der Waals surface area (Å²) in [6, 6.07) is 1.40. The lowest BCUT2D eigenvalue weighted by atomic mass is 10.2. The van der Waals surface area contributed by atoms with E-state index in [0.717, 1.165) is 13.0 Å². The number of nitrogens with zero attached hydrogens (tertiary/aromatic N) is 1. The van der Waals surface area contributed by atoms with Gasteiger partial charge in [-0.25, -0.2) is 4.79 Å². The second-order valence-electron chi connectivity index (χ2n) is 3.96. The first-order valence-corrected chi connectivity index (χ1v) is 5.68. The Kier molecular flexibility index (Phi) is 4.82. The minimum absolute atomic E-state index is 0.362. The quantitative estimate of drug-likeness (QED) is 0.712. The molecule has 1 heterocycles. The van der Waals surface area contributed by atoms with Crippen LogP contribution in [-0.2, 0) is 0 Å². The van der Waals surface area contributed by atoms with Gasteiger partial charge in [0.2, 0.25) is 0 Å². The first-order valence-electron chi connectivity index (χ1n) is 5.68. The molecule has 5 nitrogen and oxygen atoms in total. The number of hydrogen-bond acceptors (Lipinski definition) is 3. The molecular formula is C11H19N3O2. The molecule has 0 aromatic carbocycles. The van der Waals surface area contributed by atoms with E-state index in [4.69, 9.17) is 0 Å². The third-order valence-electron chi connectivity index (χ3n) is 2.50. The van der Waals surface area contributed by atoms with E-state index in [9.17, 15) is 9.59 Å². The van der Waals surface area contributed by atoms with Gasteiger partial charge in [0.15, 0.2) is 0 Å². The van der Waals surface area contributed by atoms with Crippen molar-refractivity contribution in [2.75, 3.05) is 18.5 Å². The van der Waals surface area contributed by atoms with Gasteiger partial charge in [-0.3, -0.25) is 14.8 Å². The monoisotopic (exact) mass is 225 g/mol. The Morgan fingerprint density at radius 3 is 2.56 bits per heavy atom. The summed E-state index contributed by atoms with van der Waals surface area (Å²) in [4.78, 5) is 28.8. The van der Waals surface area contributed by atoms with Crippen LogP contribution >= 0.6 is 0 Å². The fourth-order valence-corrected chi connectivity index (χ4v) is 1.56. The largest absolute Gasteiger partial charge is 0.361 e. The summed E-state index contributed by atoms with van der Waals surface area (Å²) >= 11 is 0. The Hall–Kier alpha value is -1.52. The lowest BCUT2D eigenvalue weighted by molar-refractivity contribution is 0.658. The summed E-state index contributed by atoms with van der Waals surface area (Å²) in [5, 5.41) is 0. The van der Waals surface area contributed by atoms with Crippen molar-refractivity contribution in [3.8, 4) is 0 Å². The molecule has 16 heavy (non-hydrogen) atoms. The SMILES string of the molecule is CCCCCCN(C)c1cc(=O)[nH]c(=O)[nH]1. The lowest BCUT2D eigenvalue weighted by Gasteiger charge is -2.17. The topological polar surface area (TPSA) is 69.0 Å². The zero-order valence-electron chi connectivity index (χ0n) is 9.88. The Morgan fingerprint density at radius 1 is 1.19 bits per heavy atom. The van der Waals surface area contributed by atoms with Crippen LogP contribution in [0.15, 0.2) is 15.7 Å². The fraction of sp³-hybridized carbons (Fsp3) is 0.636. The Bertz CT molecular complexity index is 393. The van der Waals surface area contributed by atoms with Crippen LogP contribution in [0.1, 0.15) is 32.6 Å². The van der Waals surface area contributed by atoms with Crippen molar-refractivity contribution in [1.82, 2.24) is 9.97 Å². The van der Waals surface area contributed by atoms with Crippen molar-refractivity contribution in [2.45, 2.75) is 32.6 Å². The molecule has 90 valence electrons. The van der Waals surface area contributed by atoms with Gasteiger partial charge in [0.1, 0.15) is 5.82 Å². The fourth-order valence-electron chi connectivity index (χ4n) is 1.56. The van der Waals surface area contributed by atoms with Crippen LogP contribution < -0.4 is 16.1 Å². The van der Waals surface area contributed by atoms with Gasteiger partial charge in [-0.2, -0.15) is 0 Å². The van der Waals surface area contributed by atoms with Crippen LogP contribution in [0.25, 0.3) is 0 Å². The summed E-state index contributed by atoms with van der Waals surface area (Å²) in [6.45, 7) is 3.01. The maximum Gasteiger partial charge on any atom is 0.327 e. The molecule has 0 spiro atoms. The Labute approximate surface area is 94.5 Å². The molecule has 2 N–H and O–H groups in total. The maximum absolute atomic E-state index is 11.1. The van der Waals surface area contributed by atoms with Crippen LogP contribution in [0.2, 0.25) is 0 Å². The van der Waals surface area contributed by atoms with E-state index in [1.54, 1.807) is 0 Å². The molecule has 0 saturated carbocycles. The molecule has 1 rings (SSSR count). The summed E-state index contributed by atoms with van der Waals surface area (Å²) in [6.07, 6.45) is 4.67. The van der Waals surface area contributed by atoms with Crippen LogP contribution in [0.3, 0.4) is 0 Å². The third-order valence-corrected chi connectivity index (χ3v) is 2.50. The molecule has 0 fully saturated rings. The molecule has 0 aliphatic heterocycles. The minimum atomic E-state index is -0.456. The van der Waals surface area contributed by atoms with Gasteiger partial charge < -0.3 is 4.90 Å². The molecule has 5 heteroatoms. The van der Waals surface area contributed by atoms with E-state index < -0.39 is 5.69 Å². The minimum Gasteiger partial charge on any atom is -0.361 e. The molecule has 0 radical (unpaired) electrons. The van der Waals surface area contributed by atoms with Gasteiger partial charge in [-0.15, -0.1) is 0 Å². The predicted octanol–water partition coefficient (Wildman–Crippen LogP) is 1.08. The van der Waals surface area contributed by atoms with E-state index in [2.05, 4.69) is 16.9 Å². The van der Waals surface area contributed by atoms with Crippen molar-refractivity contribution in [1.29, 1.82) is 0 Å². The second-order valence-corrected chi connectivity index (χ2v) is 3.96. The number of H-pyrrole nitrogens is 2. The van der Waals surface area contributed by atoms with Crippen LogP contribution in [-0.4, -0.2) is 23.6 Å². The Balaban J connectivity index is 2.55. The van der Waals surface area contributed by atoms with Gasteiger partial charge in [0.25, 0.3) is 5.56 Å². The number of nitrogens with one attached hydrogen (secondary N) is 2. The van der Waals surface area contributed by atoms with Crippen molar-refractivity contribution in [3.63, 3.8) is 0 Å². The zero-order valence-corrected chi connectivity index (χ0v) is 9.88. The van der Waals surface area contributed by atoms with Gasteiger partial charge in [-0.05, 0) is 6.42 Å². The standard InChI is InChI=1S/C11H19N3O2/c1-3-4-5-6-7-14(2)9-8-10(15)13-11(16)12-9/h8H,3-7H2,1-2H3,(H2,12,13,15,16). The highest BCUT2D eigenvalue weighted by atomic mass is 16.2. The molecule has 1 aromatic heterocycles. The molecule has 0 bridgehead atoms. The summed E-state index contributed by atoms with van der Waals surface area (Å²) in [7, 11) is 1.87. The van der Waals surface area contributed by atoms with Crippen LogP contribution in [0, 0.1) is 0 Å². The highest BCUT2D eigenvalue weighted by Gasteiger charge is 2.02. The van der Waals surface area contributed by atoms with E-state index in [1.807, 2.05) is 11.9 Å². The van der Waals surface area contributed by atoms with Crippen molar-refractivity contribution in [3.05, 3.63) is 26.9 Å². The molecule has 1 aromatic rings. The number of aromatic nitrogens is 2. The van der Waals surface area contributed by atoms with Gasteiger partial charge in [0, 0.05) is 19.7 Å². The second kappa shape index (κ2) is 6.15. The van der Waals surface area contributed by atoms with E-state index in [-0.39, 0.29) is 5.56 Å². The summed E-state index contributed by atoms with van der Waals surface area (Å²) in [5.74, 6) is 0.574. The normalized spacial score (nSPS) is 10.4. The molecule has 0 saturated heterocycles. The molecule has 0 amide bonds. The molecule has 0 atom stereocenters. The number of hydrogen-bond donors (Lipinski definition) is 2. The molecular weight excluding hydrogens is 206 g/mol. The number of rotatable bonds is 6. The van der Waals surface area contributed by atoms with Gasteiger partial charge in [-0.1, -0.05) is 26.2 Å². The van der Waals surface area contributed by atoms with Crippen LogP contribution in [0.5, 0.6) is 0 Å². The molecule has 0 aliphatic rings. The highest BCUT2D eigenvalue weighted by molar-refractivity contribution is 5.34. The van der Waals surface area contributed by atoms with Crippen molar-refractivity contribution in [2.24, 2.45) is 0 Å². The number of anilines is 1. The lowest BCUT2D eigenvalue weighted by Crippen LogP contribution is -2.28. The third kappa shape index (κ3) is 3.92. The van der Waals surface area contributed by atoms with Gasteiger partial charge in [0.05, 0.1) is 0 Å². The average Bonchev–Trinajstić information content (AvgIpc) is 2.22. The summed E-state index contributed by atoms with van der Waals surface area (Å²) in [5.41, 5.74) is -0.818. The number of aromatic amines is 2. The van der Waals surface area contributed by atoms with E-state index in [0.29, 0.717) is 5.82 Å². The zero-order chi connectivity index (χ0) is 12.0. The smallest absolute Gasteiger partial charge is 0.327 e. The first-order chi connectivity index (χ1) is 7.63. The van der Waals surface area contributed by atoms with E-state index >= 15 is 0 Å². The molecule has 0 unspecified atom stereocenters. The average molecular weight is 225 g/mol. The van der Waals surface area contributed by atoms with Gasteiger partial charge >= 0.3 is 5.69 Å². The van der Waals surface area contributed by atoms with Crippen LogP contribution in [0.4, 0.5) is 5.82 Å². The first kappa shape index (κ1) is 12.5. The highest BCUT2D eigenvalue weighted by Crippen LogP contribution is 2.05. The van der Waals surface area contributed by atoms with Crippen molar-refractivity contribution < 1.29 is 0 Å².